The molecular formula is C32H40ClN3O4S. The van der Waals surface area contributed by atoms with Gasteiger partial charge in [0.2, 0.25) is 21.8 Å². The molecule has 0 aromatic heterocycles. The van der Waals surface area contributed by atoms with Crippen molar-refractivity contribution in [2.24, 2.45) is 0 Å². The third-order valence-corrected chi connectivity index (χ3v) is 8.44. The molecule has 0 bridgehead atoms. The molecule has 220 valence electrons. The number of benzene rings is 3. The number of nitrogens with one attached hydrogen (secondary N) is 1. The first kappa shape index (κ1) is 32.2. The highest BCUT2D eigenvalue weighted by molar-refractivity contribution is 7.92. The number of amides is 2. The minimum atomic E-state index is -3.82. The molecule has 1 N–H and O–H groups in total. The lowest BCUT2D eigenvalue weighted by Gasteiger charge is -2.33. The van der Waals surface area contributed by atoms with Crippen LogP contribution >= 0.6 is 11.6 Å². The van der Waals surface area contributed by atoms with Crippen LogP contribution < -0.4 is 9.62 Å². The van der Waals surface area contributed by atoms with Gasteiger partial charge in [0.15, 0.2) is 0 Å². The summed E-state index contributed by atoms with van der Waals surface area (Å²) < 4.78 is 27.0. The smallest absolute Gasteiger partial charge is 0.244 e. The second-order valence-electron chi connectivity index (χ2n) is 10.5. The Bertz CT molecular complexity index is 1400. The highest BCUT2D eigenvalue weighted by Crippen LogP contribution is 2.24. The number of halogens is 1. The van der Waals surface area contributed by atoms with Gasteiger partial charge in [-0.25, -0.2) is 8.42 Å². The van der Waals surface area contributed by atoms with E-state index in [1.54, 1.807) is 30.3 Å². The first-order valence-corrected chi connectivity index (χ1v) is 16.2. The van der Waals surface area contributed by atoms with Crippen LogP contribution in [-0.2, 0) is 32.6 Å². The maximum atomic E-state index is 14.1. The molecule has 0 heterocycles. The Hall–Kier alpha value is -3.36. The standard InChI is InChI=1S/C32H40ClN3O4S/c1-5-6-20-34-32(38)30(21-25-12-8-7-9-13-25)35(22-27-14-10-11-15-29(27)33)31(37)23-36(41(4,39)40)28-18-16-26(17-19-28)24(2)3/h7-19,24,30H,5-6,20-23H2,1-4H3,(H,34,38). The van der Waals surface area contributed by atoms with Crippen LogP contribution in [0.25, 0.3) is 0 Å². The minimum Gasteiger partial charge on any atom is -0.354 e. The molecule has 0 aliphatic heterocycles. The van der Waals surface area contributed by atoms with Crippen molar-refractivity contribution in [3.63, 3.8) is 0 Å². The lowest BCUT2D eigenvalue weighted by Crippen LogP contribution is -2.53. The topological polar surface area (TPSA) is 86.8 Å². The molecule has 0 saturated heterocycles. The van der Waals surface area contributed by atoms with E-state index in [4.69, 9.17) is 11.6 Å². The van der Waals surface area contributed by atoms with Crippen molar-refractivity contribution in [1.82, 2.24) is 10.2 Å². The lowest BCUT2D eigenvalue weighted by atomic mass is 10.0. The molecule has 0 aliphatic rings. The molecule has 41 heavy (non-hydrogen) atoms. The minimum absolute atomic E-state index is 0.0428. The van der Waals surface area contributed by atoms with Gasteiger partial charge in [-0.1, -0.05) is 99.5 Å². The highest BCUT2D eigenvalue weighted by atomic mass is 35.5. The summed E-state index contributed by atoms with van der Waals surface area (Å²) in [6, 6.07) is 22.9. The van der Waals surface area contributed by atoms with Crippen molar-refractivity contribution in [1.29, 1.82) is 0 Å². The van der Waals surface area contributed by atoms with Gasteiger partial charge in [-0.2, -0.15) is 0 Å². The van der Waals surface area contributed by atoms with Gasteiger partial charge in [0.25, 0.3) is 0 Å². The fourth-order valence-corrected chi connectivity index (χ4v) is 5.55. The summed E-state index contributed by atoms with van der Waals surface area (Å²) in [6.45, 7) is 6.20. The number of anilines is 1. The Morgan fingerprint density at radius 1 is 0.927 bits per heavy atom. The van der Waals surface area contributed by atoms with E-state index in [0.29, 0.717) is 22.8 Å². The number of rotatable bonds is 14. The van der Waals surface area contributed by atoms with E-state index in [0.717, 1.165) is 34.5 Å². The van der Waals surface area contributed by atoms with E-state index in [1.165, 1.54) is 4.90 Å². The summed E-state index contributed by atoms with van der Waals surface area (Å²) in [5.41, 5.74) is 2.98. The van der Waals surface area contributed by atoms with E-state index < -0.39 is 28.5 Å². The third kappa shape index (κ3) is 9.33. The van der Waals surface area contributed by atoms with Crippen molar-refractivity contribution in [2.45, 2.75) is 58.5 Å². The molecule has 0 spiro atoms. The summed E-state index contributed by atoms with van der Waals surface area (Å²) in [4.78, 5) is 29.2. The van der Waals surface area contributed by atoms with Crippen LogP contribution in [0.4, 0.5) is 5.69 Å². The van der Waals surface area contributed by atoms with Gasteiger partial charge in [-0.3, -0.25) is 13.9 Å². The van der Waals surface area contributed by atoms with Crippen molar-refractivity contribution in [2.75, 3.05) is 23.7 Å². The van der Waals surface area contributed by atoms with Gasteiger partial charge in [-0.05, 0) is 47.2 Å². The fraction of sp³-hybridized carbons (Fsp3) is 0.375. The molecule has 7 nitrogen and oxygen atoms in total. The number of hydrogen-bond donors (Lipinski definition) is 1. The summed E-state index contributed by atoms with van der Waals surface area (Å²) >= 11 is 6.49. The summed E-state index contributed by atoms with van der Waals surface area (Å²) in [6.07, 6.45) is 3.05. The molecule has 3 rings (SSSR count). The van der Waals surface area contributed by atoms with Crippen LogP contribution in [0.3, 0.4) is 0 Å². The predicted octanol–water partition coefficient (Wildman–Crippen LogP) is 5.79. The monoisotopic (exact) mass is 597 g/mol. The first-order valence-electron chi connectivity index (χ1n) is 13.9. The second-order valence-corrected chi connectivity index (χ2v) is 12.8. The van der Waals surface area contributed by atoms with Gasteiger partial charge >= 0.3 is 0 Å². The van der Waals surface area contributed by atoms with E-state index >= 15 is 0 Å². The lowest BCUT2D eigenvalue weighted by molar-refractivity contribution is -0.140. The van der Waals surface area contributed by atoms with E-state index in [-0.39, 0.29) is 24.8 Å². The molecule has 1 atom stereocenters. The van der Waals surface area contributed by atoms with Gasteiger partial charge in [0, 0.05) is 24.5 Å². The zero-order chi connectivity index (χ0) is 30.0. The number of hydrogen-bond acceptors (Lipinski definition) is 4. The molecule has 2 amide bonds. The maximum absolute atomic E-state index is 14.1. The van der Waals surface area contributed by atoms with Crippen LogP contribution in [0, 0.1) is 0 Å². The van der Waals surface area contributed by atoms with Gasteiger partial charge in [0.05, 0.1) is 11.9 Å². The zero-order valence-electron chi connectivity index (χ0n) is 24.2. The molecule has 0 radical (unpaired) electrons. The quantitative estimate of drug-likeness (QED) is 0.238. The molecule has 3 aromatic rings. The largest absolute Gasteiger partial charge is 0.354 e. The van der Waals surface area contributed by atoms with Crippen molar-refractivity contribution in [3.05, 3.63) is 101 Å². The normalized spacial score (nSPS) is 12.1. The molecule has 0 aliphatic carbocycles. The Labute approximate surface area is 249 Å². The molecule has 9 heteroatoms. The average molecular weight is 598 g/mol. The Morgan fingerprint density at radius 3 is 2.15 bits per heavy atom. The van der Waals surface area contributed by atoms with Crippen LogP contribution in [-0.4, -0.2) is 50.5 Å². The van der Waals surface area contributed by atoms with Crippen LogP contribution in [0.15, 0.2) is 78.9 Å². The van der Waals surface area contributed by atoms with Crippen molar-refractivity contribution >= 4 is 39.1 Å². The summed E-state index contributed by atoms with van der Waals surface area (Å²) in [5.74, 6) is -0.529. The van der Waals surface area contributed by atoms with Crippen LogP contribution in [0.5, 0.6) is 0 Å². The predicted molar refractivity (Wildman–Crippen MR) is 167 cm³/mol. The SMILES string of the molecule is CCCCNC(=O)C(Cc1ccccc1)N(Cc1ccccc1Cl)C(=O)CN(c1ccc(C(C)C)cc1)S(C)(=O)=O. The number of nitrogens with zero attached hydrogens (tertiary/aromatic N) is 2. The number of unbranched alkanes of at least 4 members (excludes halogenated alkanes) is 1. The van der Waals surface area contributed by atoms with Gasteiger partial charge < -0.3 is 10.2 Å². The third-order valence-electron chi connectivity index (χ3n) is 6.93. The molecule has 0 saturated carbocycles. The average Bonchev–Trinajstić information content (AvgIpc) is 2.94. The highest BCUT2D eigenvalue weighted by Gasteiger charge is 2.33. The van der Waals surface area contributed by atoms with Crippen LogP contribution in [0.1, 0.15) is 56.2 Å². The van der Waals surface area contributed by atoms with Crippen molar-refractivity contribution < 1.29 is 18.0 Å². The van der Waals surface area contributed by atoms with Crippen molar-refractivity contribution in [3.8, 4) is 0 Å². The summed E-state index contributed by atoms with van der Waals surface area (Å²) in [5, 5.41) is 3.43. The second kappa shape index (κ2) is 15.0. The number of sulfonamides is 1. The molecule has 0 fully saturated rings. The molecular weight excluding hydrogens is 558 g/mol. The van der Waals surface area contributed by atoms with E-state index in [2.05, 4.69) is 19.2 Å². The molecule has 1 unspecified atom stereocenters. The number of carbonyl (C=O) groups is 2. The first-order chi connectivity index (χ1) is 19.5. The Balaban J connectivity index is 2.03. The maximum Gasteiger partial charge on any atom is 0.244 e. The van der Waals surface area contributed by atoms with Gasteiger partial charge in [0.1, 0.15) is 12.6 Å². The number of carbonyl (C=O) groups excluding carboxylic acids is 2. The van der Waals surface area contributed by atoms with E-state index in [1.807, 2.05) is 55.5 Å². The summed E-state index contributed by atoms with van der Waals surface area (Å²) in [7, 11) is -3.82. The van der Waals surface area contributed by atoms with Crippen LogP contribution in [0.2, 0.25) is 5.02 Å². The Morgan fingerprint density at radius 2 is 1.56 bits per heavy atom. The Kier molecular flexibility index (Phi) is 11.8. The zero-order valence-corrected chi connectivity index (χ0v) is 25.8. The fourth-order valence-electron chi connectivity index (χ4n) is 4.51. The molecule has 3 aromatic carbocycles. The van der Waals surface area contributed by atoms with Gasteiger partial charge in [-0.15, -0.1) is 0 Å². The van der Waals surface area contributed by atoms with E-state index in [9.17, 15) is 18.0 Å².